The lowest BCUT2D eigenvalue weighted by Gasteiger charge is -2.27. The monoisotopic (exact) mass is 365 g/mol. The maximum Gasteiger partial charge on any atom is 0.341 e. The average Bonchev–Trinajstić information content (AvgIpc) is 2.66. The van der Waals surface area contributed by atoms with E-state index in [0.29, 0.717) is 24.5 Å². The molecular formula is C20H31NO5. The van der Waals surface area contributed by atoms with E-state index in [9.17, 15) is 9.59 Å². The lowest BCUT2D eigenvalue weighted by molar-refractivity contribution is -0.136. The summed E-state index contributed by atoms with van der Waals surface area (Å²) in [6.45, 7) is 6.41. The Bertz CT molecular complexity index is 602. The van der Waals surface area contributed by atoms with Crippen LogP contribution in [0, 0.1) is 0 Å². The highest BCUT2D eigenvalue weighted by Crippen LogP contribution is 2.26. The summed E-state index contributed by atoms with van der Waals surface area (Å²) in [4.78, 5) is 24.7. The Morgan fingerprint density at radius 2 is 1.81 bits per heavy atom. The van der Waals surface area contributed by atoms with E-state index in [1.807, 2.05) is 0 Å². The summed E-state index contributed by atoms with van der Waals surface area (Å²) in [5.74, 6) is -0.305. The maximum atomic E-state index is 12.6. The second-order valence-corrected chi connectivity index (χ2v) is 6.40. The number of rotatable bonds is 11. The minimum absolute atomic E-state index is 0.246. The topological polar surface area (TPSA) is 73.9 Å². The van der Waals surface area contributed by atoms with Crippen LogP contribution in [0.2, 0.25) is 0 Å². The maximum absolute atomic E-state index is 12.6. The molecule has 1 N–H and O–H groups in total. The molecule has 1 amide bonds. The first-order valence-corrected chi connectivity index (χ1v) is 9.13. The molecule has 6 nitrogen and oxygen atoms in total. The highest BCUT2D eigenvalue weighted by atomic mass is 16.5. The zero-order valence-electron chi connectivity index (χ0n) is 16.5. The van der Waals surface area contributed by atoms with Crippen LogP contribution >= 0.6 is 0 Å². The number of carbonyl (C=O) groups excluding carboxylic acids is 2. The van der Waals surface area contributed by atoms with Gasteiger partial charge in [-0.25, -0.2) is 4.79 Å². The Kier molecular flexibility index (Phi) is 9.13. The lowest BCUT2D eigenvalue weighted by Crippen LogP contribution is -2.41. The molecule has 1 aromatic rings. The smallest absolute Gasteiger partial charge is 0.341 e. The summed E-state index contributed by atoms with van der Waals surface area (Å²) in [6, 6.07) is 4.95. The van der Waals surface area contributed by atoms with E-state index in [0.717, 1.165) is 25.7 Å². The highest BCUT2D eigenvalue weighted by Gasteiger charge is 2.32. The number of hydrogen-bond acceptors (Lipinski definition) is 5. The van der Waals surface area contributed by atoms with Crippen molar-refractivity contribution in [2.45, 2.75) is 58.5 Å². The van der Waals surface area contributed by atoms with Crippen molar-refractivity contribution < 1.29 is 23.8 Å². The molecule has 0 unspecified atom stereocenters. The van der Waals surface area contributed by atoms with Crippen molar-refractivity contribution in [1.29, 1.82) is 0 Å². The first-order valence-electron chi connectivity index (χ1n) is 9.13. The van der Waals surface area contributed by atoms with Crippen molar-refractivity contribution in [3.05, 3.63) is 23.8 Å². The summed E-state index contributed by atoms with van der Waals surface area (Å²) < 4.78 is 15.9. The molecule has 0 saturated carbocycles. The van der Waals surface area contributed by atoms with Gasteiger partial charge >= 0.3 is 5.97 Å². The van der Waals surface area contributed by atoms with Crippen molar-refractivity contribution in [2.24, 2.45) is 0 Å². The van der Waals surface area contributed by atoms with Crippen LogP contribution in [0.5, 0.6) is 5.75 Å². The number of ether oxygens (including phenoxy) is 3. The molecule has 0 radical (unpaired) electrons. The number of esters is 1. The van der Waals surface area contributed by atoms with E-state index in [2.05, 4.69) is 19.2 Å². The number of hydrogen-bond donors (Lipinski definition) is 1. The van der Waals surface area contributed by atoms with Gasteiger partial charge in [0.2, 0.25) is 0 Å². The van der Waals surface area contributed by atoms with Gasteiger partial charge in [0.1, 0.15) is 16.9 Å². The fraction of sp³-hybridized carbons (Fsp3) is 0.600. The Hall–Kier alpha value is -2.08. The van der Waals surface area contributed by atoms with E-state index < -0.39 is 11.6 Å². The molecule has 0 aromatic heterocycles. The number of unbranched alkanes of at least 4 members (excludes halogenated alkanes) is 2. The second-order valence-electron chi connectivity index (χ2n) is 6.40. The van der Waals surface area contributed by atoms with Gasteiger partial charge in [-0.2, -0.15) is 0 Å². The summed E-state index contributed by atoms with van der Waals surface area (Å²) in [6.07, 6.45) is 4.36. The Morgan fingerprint density at radius 1 is 1.12 bits per heavy atom. The van der Waals surface area contributed by atoms with Crippen LogP contribution in [0.25, 0.3) is 0 Å². The van der Waals surface area contributed by atoms with Gasteiger partial charge in [0.25, 0.3) is 5.91 Å². The third-order valence-electron chi connectivity index (χ3n) is 4.34. The van der Waals surface area contributed by atoms with Crippen LogP contribution in [-0.4, -0.2) is 38.3 Å². The van der Waals surface area contributed by atoms with Gasteiger partial charge in [0.15, 0.2) is 0 Å². The second kappa shape index (κ2) is 10.8. The first-order chi connectivity index (χ1) is 12.4. The number of nitrogens with one attached hydrogen (secondary N) is 1. The van der Waals surface area contributed by atoms with E-state index >= 15 is 0 Å². The Labute approximate surface area is 156 Å². The van der Waals surface area contributed by atoms with E-state index in [1.54, 1.807) is 25.1 Å². The molecule has 1 rings (SSSR count). The van der Waals surface area contributed by atoms with Gasteiger partial charge in [-0.1, -0.05) is 33.1 Å². The molecule has 6 heteroatoms. The molecule has 0 bridgehead atoms. The summed E-state index contributed by atoms with van der Waals surface area (Å²) in [5, 5.41) is 2.83. The predicted molar refractivity (Wildman–Crippen MR) is 102 cm³/mol. The van der Waals surface area contributed by atoms with Crippen molar-refractivity contribution in [3.63, 3.8) is 0 Å². The molecule has 0 aliphatic heterocycles. The zero-order valence-corrected chi connectivity index (χ0v) is 16.5. The van der Waals surface area contributed by atoms with Gasteiger partial charge in [-0.05, 0) is 38.0 Å². The van der Waals surface area contributed by atoms with Gasteiger partial charge in [-0.15, -0.1) is 0 Å². The first kappa shape index (κ1) is 22.0. The number of benzene rings is 1. The van der Waals surface area contributed by atoms with Crippen molar-refractivity contribution in [1.82, 2.24) is 0 Å². The minimum Gasteiger partial charge on any atom is -0.493 e. The van der Waals surface area contributed by atoms with Gasteiger partial charge in [0, 0.05) is 12.8 Å². The van der Waals surface area contributed by atoms with E-state index in [4.69, 9.17) is 14.2 Å². The van der Waals surface area contributed by atoms with Gasteiger partial charge in [0.05, 0.1) is 13.7 Å². The minimum atomic E-state index is -0.919. The van der Waals surface area contributed by atoms with Crippen LogP contribution in [0.4, 0.5) is 5.69 Å². The molecule has 0 heterocycles. The van der Waals surface area contributed by atoms with Crippen molar-refractivity contribution in [3.8, 4) is 5.75 Å². The summed E-state index contributed by atoms with van der Waals surface area (Å²) >= 11 is 0. The standard InChI is InChI=1S/C20H31NO5/c1-6-8-12-20(3,25-5)19(23)21-15-10-11-17(26-13-9-7-2)16(14-15)18(22)24-4/h10-11,14H,6-9,12-13H2,1-5H3,(H,21,23)/t20-/m0/s1. The number of anilines is 1. The SMILES string of the molecule is CCCCOc1ccc(NC(=O)[C@](C)(CCCC)OC)cc1C(=O)OC. The Balaban J connectivity index is 2.99. The molecule has 0 fully saturated rings. The molecule has 26 heavy (non-hydrogen) atoms. The predicted octanol–water partition coefficient (Wildman–Crippen LogP) is 4.19. The van der Waals surface area contributed by atoms with Crippen LogP contribution < -0.4 is 10.1 Å². The fourth-order valence-electron chi connectivity index (χ4n) is 2.42. The van der Waals surface area contributed by atoms with Gasteiger partial charge in [-0.3, -0.25) is 4.79 Å². The summed E-state index contributed by atoms with van der Waals surface area (Å²) in [7, 11) is 2.84. The molecule has 1 aromatic carbocycles. The van der Waals surface area contributed by atoms with Gasteiger partial charge < -0.3 is 19.5 Å². The average molecular weight is 365 g/mol. The van der Waals surface area contributed by atoms with E-state index in [1.165, 1.54) is 14.2 Å². The molecule has 0 spiro atoms. The van der Waals surface area contributed by atoms with Crippen LogP contribution in [0.15, 0.2) is 18.2 Å². The molecule has 1 atom stereocenters. The Morgan fingerprint density at radius 3 is 2.38 bits per heavy atom. The molecular weight excluding hydrogens is 334 g/mol. The third kappa shape index (κ3) is 6.02. The van der Waals surface area contributed by atoms with Crippen LogP contribution in [0.1, 0.15) is 63.2 Å². The van der Waals surface area contributed by atoms with Crippen molar-refractivity contribution >= 4 is 17.6 Å². The van der Waals surface area contributed by atoms with Crippen molar-refractivity contribution in [2.75, 3.05) is 26.1 Å². The summed E-state index contributed by atoms with van der Waals surface area (Å²) in [5.41, 5.74) is -0.135. The zero-order chi connectivity index (χ0) is 19.6. The van der Waals surface area contributed by atoms with Crippen LogP contribution in [0.3, 0.4) is 0 Å². The number of carbonyl (C=O) groups is 2. The normalized spacial score (nSPS) is 13.0. The van der Waals surface area contributed by atoms with Crippen LogP contribution in [-0.2, 0) is 14.3 Å². The lowest BCUT2D eigenvalue weighted by atomic mass is 9.97. The quantitative estimate of drug-likeness (QED) is 0.470. The molecule has 0 aliphatic rings. The number of methoxy groups -OCH3 is 2. The molecule has 0 aliphatic carbocycles. The molecule has 146 valence electrons. The van der Waals surface area contributed by atoms with E-state index in [-0.39, 0.29) is 11.5 Å². The fourth-order valence-corrected chi connectivity index (χ4v) is 2.42. The highest BCUT2D eigenvalue weighted by molar-refractivity contribution is 5.99. The largest absolute Gasteiger partial charge is 0.493 e. The number of amides is 1. The third-order valence-corrected chi connectivity index (χ3v) is 4.34. The molecule has 0 saturated heterocycles.